The highest BCUT2D eigenvalue weighted by Gasteiger charge is 2.05. The molecule has 0 amide bonds. The number of hydrogen-bond donors (Lipinski definition) is 1. The number of nitrogen functional groups attached to an aromatic ring is 1. The zero-order valence-electron chi connectivity index (χ0n) is 10.0. The normalized spacial score (nSPS) is 10.1. The van der Waals surface area contributed by atoms with Crippen molar-refractivity contribution < 1.29 is 13.9 Å². The molecule has 0 aliphatic rings. The Morgan fingerprint density at radius 3 is 2.61 bits per heavy atom. The first kappa shape index (κ1) is 12.2. The molecule has 4 heteroatoms. The number of ether oxygens (including phenoxy) is 2. The van der Waals surface area contributed by atoms with Gasteiger partial charge in [0, 0.05) is 11.6 Å². The number of anilines is 1. The van der Waals surface area contributed by atoms with Crippen molar-refractivity contribution in [3.8, 4) is 11.5 Å². The quantitative estimate of drug-likeness (QED) is 0.845. The molecule has 0 saturated heterocycles. The molecule has 2 rings (SSSR count). The van der Waals surface area contributed by atoms with Crippen LogP contribution in [0.4, 0.5) is 10.1 Å². The molecule has 0 aliphatic heterocycles. The monoisotopic (exact) mass is 247 g/mol. The van der Waals surface area contributed by atoms with Gasteiger partial charge in [-0.15, -0.1) is 0 Å². The van der Waals surface area contributed by atoms with Crippen LogP contribution in [0.3, 0.4) is 0 Å². The van der Waals surface area contributed by atoms with Crippen molar-refractivity contribution in [3.63, 3.8) is 0 Å². The van der Waals surface area contributed by atoms with Crippen molar-refractivity contribution in [2.45, 2.75) is 6.61 Å². The molecule has 3 nitrogen and oxygen atoms in total. The predicted octanol–water partition coefficient (Wildman–Crippen LogP) is 3.00. The summed E-state index contributed by atoms with van der Waals surface area (Å²) in [5.41, 5.74) is 6.85. The average molecular weight is 247 g/mol. The van der Waals surface area contributed by atoms with Gasteiger partial charge in [-0.05, 0) is 18.2 Å². The SMILES string of the molecule is COc1ccccc1COc1ccc(F)cc1N. The van der Waals surface area contributed by atoms with Gasteiger partial charge in [0.05, 0.1) is 12.8 Å². The Morgan fingerprint density at radius 1 is 1.11 bits per heavy atom. The lowest BCUT2D eigenvalue weighted by molar-refractivity contribution is 0.298. The Kier molecular flexibility index (Phi) is 3.67. The molecule has 2 aromatic carbocycles. The second-order valence-corrected chi connectivity index (χ2v) is 3.78. The van der Waals surface area contributed by atoms with Gasteiger partial charge < -0.3 is 15.2 Å². The van der Waals surface area contributed by atoms with Crippen LogP contribution in [-0.2, 0) is 6.61 Å². The van der Waals surface area contributed by atoms with Gasteiger partial charge in [0.1, 0.15) is 23.9 Å². The summed E-state index contributed by atoms with van der Waals surface area (Å²) < 4.78 is 23.6. The summed E-state index contributed by atoms with van der Waals surface area (Å²) in [5.74, 6) is 0.831. The van der Waals surface area contributed by atoms with Crippen LogP contribution in [0.2, 0.25) is 0 Å². The second kappa shape index (κ2) is 5.40. The number of para-hydroxylation sites is 1. The summed E-state index contributed by atoms with van der Waals surface area (Å²) in [7, 11) is 1.60. The van der Waals surface area contributed by atoms with E-state index in [-0.39, 0.29) is 11.5 Å². The molecule has 18 heavy (non-hydrogen) atoms. The number of rotatable bonds is 4. The molecule has 0 radical (unpaired) electrons. The number of halogens is 1. The molecule has 0 fully saturated rings. The van der Waals surface area contributed by atoms with Gasteiger partial charge in [0.2, 0.25) is 0 Å². The first-order valence-corrected chi connectivity index (χ1v) is 5.50. The van der Waals surface area contributed by atoms with Crippen LogP contribution in [0.25, 0.3) is 0 Å². The van der Waals surface area contributed by atoms with Gasteiger partial charge in [0.15, 0.2) is 0 Å². The Balaban J connectivity index is 2.11. The maximum atomic E-state index is 12.9. The van der Waals surface area contributed by atoms with E-state index < -0.39 is 0 Å². The highest BCUT2D eigenvalue weighted by Crippen LogP contribution is 2.25. The zero-order valence-corrected chi connectivity index (χ0v) is 10.0. The Morgan fingerprint density at radius 2 is 1.89 bits per heavy atom. The molecule has 0 atom stereocenters. The van der Waals surface area contributed by atoms with E-state index in [1.165, 1.54) is 18.2 Å². The van der Waals surface area contributed by atoms with Gasteiger partial charge in [0.25, 0.3) is 0 Å². The first-order chi connectivity index (χ1) is 8.70. The van der Waals surface area contributed by atoms with Crippen molar-refractivity contribution in [1.29, 1.82) is 0 Å². The number of methoxy groups -OCH3 is 1. The summed E-state index contributed by atoms with van der Waals surface area (Å²) in [4.78, 5) is 0. The third kappa shape index (κ3) is 2.71. The Hall–Kier alpha value is -2.23. The van der Waals surface area contributed by atoms with E-state index in [0.717, 1.165) is 11.3 Å². The molecule has 94 valence electrons. The van der Waals surface area contributed by atoms with Crippen LogP contribution in [0.15, 0.2) is 42.5 Å². The maximum absolute atomic E-state index is 12.9. The largest absolute Gasteiger partial charge is 0.496 e. The van der Waals surface area contributed by atoms with Gasteiger partial charge in [-0.2, -0.15) is 0 Å². The van der Waals surface area contributed by atoms with E-state index >= 15 is 0 Å². The molecule has 0 unspecified atom stereocenters. The molecule has 0 aromatic heterocycles. The molecule has 0 saturated carbocycles. The Bertz CT molecular complexity index is 543. The molecule has 2 aromatic rings. The molecule has 0 heterocycles. The van der Waals surface area contributed by atoms with Crippen molar-refractivity contribution in [1.82, 2.24) is 0 Å². The lowest BCUT2D eigenvalue weighted by Crippen LogP contribution is -2.01. The minimum Gasteiger partial charge on any atom is -0.496 e. The zero-order chi connectivity index (χ0) is 13.0. The summed E-state index contributed by atoms with van der Waals surface area (Å²) in [6.07, 6.45) is 0. The van der Waals surface area contributed by atoms with Crippen LogP contribution >= 0.6 is 0 Å². The van der Waals surface area contributed by atoms with E-state index in [1.54, 1.807) is 7.11 Å². The first-order valence-electron chi connectivity index (χ1n) is 5.50. The topological polar surface area (TPSA) is 44.5 Å². The summed E-state index contributed by atoms with van der Waals surface area (Å²) in [6.45, 7) is 0.319. The third-order valence-corrected chi connectivity index (χ3v) is 2.55. The molecule has 2 N–H and O–H groups in total. The number of hydrogen-bond acceptors (Lipinski definition) is 3. The van der Waals surface area contributed by atoms with Crippen LogP contribution in [0.1, 0.15) is 5.56 Å². The van der Waals surface area contributed by atoms with Crippen LogP contribution < -0.4 is 15.2 Å². The van der Waals surface area contributed by atoms with Gasteiger partial charge in [-0.3, -0.25) is 0 Å². The van der Waals surface area contributed by atoms with Crippen molar-refractivity contribution >= 4 is 5.69 Å². The van der Waals surface area contributed by atoms with Crippen LogP contribution in [-0.4, -0.2) is 7.11 Å². The van der Waals surface area contributed by atoms with E-state index in [1.807, 2.05) is 24.3 Å². The minimum absolute atomic E-state index is 0.282. The van der Waals surface area contributed by atoms with Crippen LogP contribution in [0, 0.1) is 5.82 Å². The number of nitrogens with two attached hydrogens (primary N) is 1. The van der Waals surface area contributed by atoms with E-state index in [9.17, 15) is 4.39 Å². The molecular weight excluding hydrogens is 233 g/mol. The highest BCUT2D eigenvalue weighted by molar-refractivity contribution is 5.52. The maximum Gasteiger partial charge on any atom is 0.142 e. The third-order valence-electron chi connectivity index (χ3n) is 2.55. The molecular formula is C14H14FNO2. The average Bonchev–Trinajstić information content (AvgIpc) is 2.38. The minimum atomic E-state index is -0.378. The lowest BCUT2D eigenvalue weighted by Gasteiger charge is -2.11. The van der Waals surface area contributed by atoms with Gasteiger partial charge in [-0.1, -0.05) is 18.2 Å². The van der Waals surface area contributed by atoms with Crippen LogP contribution in [0.5, 0.6) is 11.5 Å². The van der Waals surface area contributed by atoms with E-state index in [2.05, 4.69) is 0 Å². The smallest absolute Gasteiger partial charge is 0.142 e. The van der Waals surface area contributed by atoms with E-state index in [4.69, 9.17) is 15.2 Å². The highest BCUT2D eigenvalue weighted by atomic mass is 19.1. The fraction of sp³-hybridized carbons (Fsp3) is 0.143. The standard InChI is InChI=1S/C14H14FNO2/c1-17-13-5-3-2-4-10(13)9-18-14-7-6-11(15)8-12(14)16/h2-8H,9,16H2,1H3. The van der Waals surface area contributed by atoms with Gasteiger partial charge in [-0.25, -0.2) is 4.39 Å². The summed E-state index contributed by atoms with van der Waals surface area (Å²) in [5, 5.41) is 0. The summed E-state index contributed by atoms with van der Waals surface area (Å²) in [6, 6.07) is 11.6. The lowest BCUT2D eigenvalue weighted by atomic mass is 10.2. The Labute approximate surface area is 105 Å². The number of benzene rings is 2. The second-order valence-electron chi connectivity index (χ2n) is 3.78. The fourth-order valence-corrected chi connectivity index (χ4v) is 1.63. The molecule has 0 spiro atoms. The fourth-order valence-electron chi connectivity index (χ4n) is 1.63. The van der Waals surface area contributed by atoms with Gasteiger partial charge >= 0.3 is 0 Å². The predicted molar refractivity (Wildman–Crippen MR) is 68.1 cm³/mol. The van der Waals surface area contributed by atoms with Crippen molar-refractivity contribution in [3.05, 3.63) is 53.8 Å². The molecule has 0 bridgehead atoms. The van der Waals surface area contributed by atoms with Crippen molar-refractivity contribution in [2.75, 3.05) is 12.8 Å². The summed E-state index contributed by atoms with van der Waals surface area (Å²) >= 11 is 0. The van der Waals surface area contributed by atoms with Crippen molar-refractivity contribution in [2.24, 2.45) is 0 Å². The van der Waals surface area contributed by atoms with E-state index in [0.29, 0.717) is 12.4 Å². The molecule has 0 aliphatic carbocycles.